The number of hydrogen-bond acceptors (Lipinski definition) is 4. The van der Waals surface area contributed by atoms with Gasteiger partial charge in [0.15, 0.2) is 0 Å². The lowest BCUT2D eigenvalue weighted by Gasteiger charge is -2.33. The largest absolute Gasteiger partial charge is 0.371 e. The topological polar surface area (TPSA) is 45.2 Å². The van der Waals surface area contributed by atoms with E-state index in [1.54, 1.807) is 17.8 Å². The molecule has 1 N–H and O–H groups in total. The lowest BCUT2D eigenvalue weighted by molar-refractivity contribution is -0.116. The first kappa shape index (κ1) is 19.5. The molecule has 0 unspecified atom stereocenters. The van der Waals surface area contributed by atoms with Gasteiger partial charge < -0.3 is 10.2 Å². The van der Waals surface area contributed by atoms with Gasteiger partial charge in [0, 0.05) is 48.2 Å². The van der Waals surface area contributed by atoms with Crippen LogP contribution in [0.25, 0.3) is 6.08 Å². The summed E-state index contributed by atoms with van der Waals surface area (Å²) >= 11 is 1.72. The third-order valence-electron chi connectivity index (χ3n) is 4.97. The minimum absolute atomic E-state index is 0.0175. The van der Waals surface area contributed by atoms with Gasteiger partial charge in [0.25, 0.3) is 0 Å². The van der Waals surface area contributed by atoms with Crippen LogP contribution in [-0.2, 0) is 4.79 Å². The number of pyridine rings is 1. The molecule has 0 saturated carbocycles. The number of nitrogens with one attached hydrogen (secondary N) is 1. The molecule has 142 valence electrons. The van der Waals surface area contributed by atoms with Crippen LogP contribution >= 0.6 is 11.8 Å². The van der Waals surface area contributed by atoms with Crippen LogP contribution in [0.2, 0.25) is 0 Å². The molecule has 2 heterocycles. The third-order valence-corrected chi connectivity index (χ3v) is 5.71. The number of thioether (sulfide) groups is 1. The minimum Gasteiger partial charge on any atom is -0.371 e. The molecule has 5 heteroatoms. The van der Waals surface area contributed by atoms with E-state index in [1.807, 2.05) is 31.3 Å². The fourth-order valence-corrected chi connectivity index (χ4v) is 3.72. The Morgan fingerprint density at radius 2 is 2.00 bits per heavy atom. The van der Waals surface area contributed by atoms with Crippen LogP contribution in [0.3, 0.4) is 0 Å². The predicted molar refractivity (Wildman–Crippen MR) is 114 cm³/mol. The summed E-state index contributed by atoms with van der Waals surface area (Å²) in [6, 6.07) is 12.4. The normalized spacial score (nSPS) is 15.3. The second-order valence-corrected chi connectivity index (χ2v) is 7.82. The van der Waals surface area contributed by atoms with Gasteiger partial charge in [0.05, 0.1) is 0 Å². The number of benzene rings is 1. The highest BCUT2D eigenvalue weighted by Crippen LogP contribution is 2.23. The van der Waals surface area contributed by atoms with Gasteiger partial charge >= 0.3 is 0 Å². The Morgan fingerprint density at radius 1 is 1.26 bits per heavy atom. The smallest absolute Gasteiger partial charge is 0.244 e. The van der Waals surface area contributed by atoms with Crippen LogP contribution < -0.4 is 10.2 Å². The molecule has 2 aromatic rings. The van der Waals surface area contributed by atoms with Gasteiger partial charge in [-0.25, -0.2) is 0 Å². The molecule has 1 aliphatic rings. The van der Waals surface area contributed by atoms with E-state index in [2.05, 4.69) is 45.7 Å². The first-order valence-electron chi connectivity index (χ1n) is 9.41. The maximum atomic E-state index is 12.1. The van der Waals surface area contributed by atoms with Crippen molar-refractivity contribution in [2.45, 2.75) is 24.7 Å². The number of anilines is 1. The molecule has 0 spiro atoms. The van der Waals surface area contributed by atoms with Crippen LogP contribution in [0.15, 0.2) is 53.6 Å². The van der Waals surface area contributed by atoms with E-state index in [1.165, 1.54) is 10.6 Å². The van der Waals surface area contributed by atoms with E-state index < -0.39 is 0 Å². The second-order valence-electron chi connectivity index (χ2n) is 6.94. The Labute approximate surface area is 166 Å². The number of aryl methyl sites for hydroxylation is 1. The molecule has 0 radical (unpaired) electrons. The number of piperidine rings is 1. The fourth-order valence-electron chi connectivity index (χ4n) is 3.31. The fraction of sp³-hybridized carbons (Fsp3) is 0.364. The monoisotopic (exact) mass is 381 g/mol. The Kier molecular flexibility index (Phi) is 6.93. The second kappa shape index (κ2) is 9.60. The molecule has 4 nitrogen and oxygen atoms in total. The molecular formula is C22H27N3OS. The van der Waals surface area contributed by atoms with Crippen molar-refractivity contribution in [3.05, 3.63) is 59.9 Å². The molecular weight excluding hydrogens is 354 g/mol. The van der Waals surface area contributed by atoms with Crippen molar-refractivity contribution in [2.24, 2.45) is 5.92 Å². The van der Waals surface area contributed by atoms with Crippen molar-refractivity contribution >= 4 is 29.4 Å². The summed E-state index contributed by atoms with van der Waals surface area (Å²) in [6.07, 6.45) is 9.62. The highest BCUT2D eigenvalue weighted by Gasteiger charge is 2.19. The average Bonchev–Trinajstić information content (AvgIpc) is 2.71. The Morgan fingerprint density at radius 3 is 2.67 bits per heavy atom. The van der Waals surface area contributed by atoms with Crippen LogP contribution in [0.1, 0.15) is 24.1 Å². The summed E-state index contributed by atoms with van der Waals surface area (Å²) in [7, 11) is 0. The van der Waals surface area contributed by atoms with E-state index >= 15 is 0 Å². The molecule has 0 atom stereocenters. The summed E-state index contributed by atoms with van der Waals surface area (Å²) in [5.74, 6) is 0.526. The zero-order valence-electron chi connectivity index (χ0n) is 16.0. The quantitative estimate of drug-likeness (QED) is 0.603. The van der Waals surface area contributed by atoms with Gasteiger partial charge in [-0.3, -0.25) is 9.78 Å². The number of amides is 1. The van der Waals surface area contributed by atoms with Gasteiger partial charge in [-0.1, -0.05) is 12.1 Å². The van der Waals surface area contributed by atoms with Gasteiger partial charge in [-0.2, -0.15) is 0 Å². The maximum absolute atomic E-state index is 12.1. The van der Waals surface area contributed by atoms with Crippen molar-refractivity contribution in [1.29, 1.82) is 0 Å². The summed E-state index contributed by atoms with van der Waals surface area (Å²) < 4.78 is 0. The molecule has 3 rings (SSSR count). The molecule has 1 aliphatic heterocycles. The van der Waals surface area contributed by atoms with Crippen LogP contribution in [0.4, 0.5) is 5.69 Å². The molecule has 27 heavy (non-hydrogen) atoms. The number of rotatable bonds is 6. The Bertz CT molecular complexity index is 780. The van der Waals surface area contributed by atoms with E-state index in [9.17, 15) is 4.79 Å². The molecule has 0 bridgehead atoms. The van der Waals surface area contributed by atoms with Crippen LogP contribution in [0.5, 0.6) is 0 Å². The van der Waals surface area contributed by atoms with E-state index in [0.29, 0.717) is 5.92 Å². The SMILES string of the molecule is CSc1ccc(/C=C/C(=O)NCC2CCN(c3ccnc(C)c3)CC2)cc1. The average molecular weight is 382 g/mol. The standard InChI is InChI=1S/C22H27N3OS/c1-17-15-20(9-12-23-17)25-13-10-19(11-14-25)16-24-22(26)8-5-18-3-6-21(27-2)7-4-18/h3-9,12,15,19H,10-11,13-14,16H2,1-2H3,(H,24,26)/b8-5+. The number of nitrogens with zero attached hydrogens (tertiary/aromatic N) is 2. The zero-order chi connectivity index (χ0) is 19.1. The summed E-state index contributed by atoms with van der Waals surface area (Å²) in [5, 5.41) is 3.05. The number of carbonyl (C=O) groups is 1. The molecule has 1 aromatic heterocycles. The van der Waals surface area contributed by atoms with Crippen molar-refractivity contribution in [3.8, 4) is 0 Å². The zero-order valence-corrected chi connectivity index (χ0v) is 16.8. The van der Waals surface area contributed by atoms with Gasteiger partial charge in [0.1, 0.15) is 0 Å². The highest BCUT2D eigenvalue weighted by atomic mass is 32.2. The molecule has 1 aromatic carbocycles. The van der Waals surface area contributed by atoms with Gasteiger partial charge in [-0.05, 0) is 67.8 Å². The van der Waals surface area contributed by atoms with Crippen LogP contribution in [0, 0.1) is 12.8 Å². The molecule has 1 fully saturated rings. The van der Waals surface area contributed by atoms with E-state index in [-0.39, 0.29) is 5.91 Å². The highest BCUT2D eigenvalue weighted by molar-refractivity contribution is 7.98. The predicted octanol–water partition coefficient (Wildman–Crippen LogP) is 4.16. The first-order chi connectivity index (χ1) is 13.1. The lowest BCUT2D eigenvalue weighted by Crippen LogP contribution is -2.38. The van der Waals surface area contributed by atoms with Gasteiger partial charge in [-0.15, -0.1) is 11.8 Å². The van der Waals surface area contributed by atoms with E-state index in [4.69, 9.17) is 0 Å². The van der Waals surface area contributed by atoms with Crippen molar-refractivity contribution in [2.75, 3.05) is 30.8 Å². The lowest BCUT2D eigenvalue weighted by atomic mass is 9.96. The Balaban J connectivity index is 1.41. The van der Waals surface area contributed by atoms with Crippen molar-refractivity contribution in [3.63, 3.8) is 0 Å². The number of aromatic nitrogens is 1. The summed E-state index contributed by atoms with van der Waals surface area (Å²) in [4.78, 5) is 20.0. The van der Waals surface area contributed by atoms with E-state index in [0.717, 1.165) is 43.7 Å². The third kappa shape index (κ3) is 5.86. The molecule has 1 saturated heterocycles. The maximum Gasteiger partial charge on any atom is 0.244 e. The van der Waals surface area contributed by atoms with Crippen molar-refractivity contribution in [1.82, 2.24) is 10.3 Å². The molecule has 1 amide bonds. The first-order valence-corrected chi connectivity index (χ1v) is 10.6. The van der Waals surface area contributed by atoms with Crippen molar-refractivity contribution < 1.29 is 4.79 Å². The number of hydrogen-bond donors (Lipinski definition) is 1. The summed E-state index contributed by atoms with van der Waals surface area (Å²) in [5.41, 5.74) is 3.35. The minimum atomic E-state index is -0.0175. The van der Waals surface area contributed by atoms with Gasteiger partial charge in [0.2, 0.25) is 5.91 Å². The number of carbonyl (C=O) groups excluding carboxylic acids is 1. The molecule has 0 aliphatic carbocycles. The Hall–Kier alpha value is -2.27. The van der Waals surface area contributed by atoms with Crippen LogP contribution in [-0.4, -0.2) is 36.8 Å². The summed E-state index contributed by atoms with van der Waals surface area (Å²) in [6.45, 7) is 4.83.